The molecule has 0 radical (unpaired) electrons. The first-order valence-electron chi connectivity index (χ1n) is 6.81. The van der Waals surface area contributed by atoms with Crippen LogP contribution in [0.5, 0.6) is 0 Å². The molecule has 1 unspecified atom stereocenters. The zero-order valence-corrected chi connectivity index (χ0v) is 11.6. The second-order valence-electron chi connectivity index (χ2n) is 5.20. The smallest absolute Gasteiger partial charge is 0.261 e. The van der Waals surface area contributed by atoms with Crippen LogP contribution in [0, 0.1) is 6.92 Å². The molecule has 1 N–H and O–H groups in total. The van der Waals surface area contributed by atoms with Gasteiger partial charge >= 0.3 is 0 Å². The molecule has 3 nitrogen and oxygen atoms in total. The van der Waals surface area contributed by atoms with Crippen LogP contribution in [0.3, 0.4) is 0 Å². The fourth-order valence-corrected chi connectivity index (χ4v) is 2.84. The van der Waals surface area contributed by atoms with Gasteiger partial charge in [0.2, 0.25) is 0 Å². The Morgan fingerprint density at radius 1 is 1.15 bits per heavy atom. The van der Waals surface area contributed by atoms with Crippen molar-refractivity contribution in [3.63, 3.8) is 0 Å². The third-order valence-corrected chi connectivity index (χ3v) is 3.92. The molecular formula is C17H17NO2. The molecule has 0 saturated heterocycles. The second-order valence-corrected chi connectivity index (χ2v) is 5.20. The van der Waals surface area contributed by atoms with Crippen LogP contribution in [-0.2, 0) is 5.72 Å². The van der Waals surface area contributed by atoms with E-state index in [0.29, 0.717) is 17.5 Å². The minimum atomic E-state index is -1.26. The highest BCUT2D eigenvalue weighted by Crippen LogP contribution is 2.42. The van der Waals surface area contributed by atoms with Crippen molar-refractivity contribution in [1.82, 2.24) is 0 Å². The van der Waals surface area contributed by atoms with Crippen molar-refractivity contribution in [2.75, 3.05) is 4.90 Å². The molecule has 0 saturated carbocycles. The molecule has 102 valence electrons. The predicted octanol–water partition coefficient (Wildman–Crippen LogP) is 3.21. The molecule has 2 aromatic rings. The van der Waals surface area contributed by atoms with Gasteiger partial charge < -0.3 is 5.11 Å². The molecule has 0 fully saturated rings. The first-order valence-corrected chi connectivity index (χ1v) is 6.81. The van der Waals surface area contributed by atoms with Gasteiger partial charge in [-0.3, -0.25) is 9.69 Å². The summed E-state index contributed by atoms with van der Waals surface area (Å²) < 4.78 is 0. The van der Waals surface area contributed by atoms with Gasteiger partial charge in [0.25, 0.3) is 5.91 Å². The number of hydrogen-bond donors (Lipinski definition) is 1. The van der Waals surface area contributed by atoms with E-state index >= 15 is 0 Å². The molecule has 2 aromatic carbocycles. The lowest BCUT2D eigenvalue weighted by Crippen LogP contribution is -2.43. The maximum Gasteiger partial charge on any atom is 0.261 e. The lowest BCUT2D eigenvalue weighted by Gasteiger charge is -2.33. The van der Waals surface area contributed by atoms with Crippen molar-refractivity contribution in [2.24, 2.45) is 0 Å². The predicted molar refractivity (Wildman–Crippen MR) is 78.6 cm³/mol. The number of anilines is 1. The summed E-state index contributed by atoms with van der Waals surface area (Å²) in [7, 11) is 0. The number of amides is 1. The van der Waals surface area contributed by atoms with E-state index in [2.05, 4.69) is 0 Å². The van der Waals surface area contributed by atoms with Gasteiger partial charge in [0.1, 0.15) is 0 Å². The minimum absolute atomic E-state index is 0.143. The highest BCUT2D eigenvalue weighted by atomic mass is 16.3. The van der Waals surface area contributed by atoms with E-state index in [4.69, 9.17) is 0 Å². The maximum absolute atomic E-state index is 12.6. The highest BCUT2D eigenvalue weighted by Gasteiger charge is 2.48. The Morgan fingerprint density at radius 3 is 2.50 bits per heavy atom. The molecule has 0 aromatic heterocycles. The molecule has 1 amide bonds. The van der Waals surface area contributed by atoms with Crippen molar-refractivity contribution in [3.05, 3.63) is 65.2 Å². The van der Waals surface area contributed by atoms with E-state index in [0.717, 1.165) is 11.3 Å². The van der Waals surface area contributed by atoms with Gasteiger partial charge in [-0.05, 0) is 31.5 Å². The van der Waals surface area contributed by atoms with E-state index in [1.54, 1.807) is 6.07 Å². The number of fused-ring (bicyclic) bond motifs is 1. The lowest BCUT2D eigenvalue weighted by atomic mass is 9.97. The number of nitrogens with zero attached hydrogens (tertiary/aromatic N) is 1. The minimum Gasteiger partial charge on any atom is -0.366 e. The van der Waals surface area contributed by atoms with Crippen LogP contribution in [0.1, 0.15) is 34.8 Å². The summed E-state index contributed by atoms with van der Waals surface area (Å²) in [6, 6.07) is 14.9. The van der Waals surface area contributed by atoms with Crippen molar-refractivity contribution in [2.45, 2.75) is 26.0 Å². The first kappa shape index (κ1) is 12.9. The SMILES string of the molecule is CCC1(O)c2cc(C)ccc2C(=O)N1c1ccccc1. The Bertz CT molecular complexity index is 666. The number of rotatable bonds is 2. The Labute approximate surface area is 118 Å². The van der Waals surface area contributed by atoms with Crippen LogP contribution >= 0.6 is 0 Å². The Morgan fingerprint density at radius 2 is 1.85 bits per heavy atom. The van der Waals surface area contributed by atoms with Gasteiger partial charge in [-0.2, -0.15) is 0 Å². The number of aryl methyl sites for hydroxylation is 1. The van der Waals surface area contributed by atoms with Crippen LogP contribution in [0.4, 0.5) is 5.69 Å². The number of aliphatic hydroxyl groups is 1. The third-order valence-electron chi connectivity index (χ3n) is 3.92. The van der Waals surface area contributed by atoms with Gasteiger partial charge in [-0.15, -0.1) is 0 Å². The van der Waals surface area contributed by atoms with Crippen molar-refractivity contribution in [3.8, 4) is 0 Å². The fraction of sp³-hybridized carbons (Fsp3) is 0.235. The molecule has 1 heterocycles. The second kappa shape index (κ2) is 4.46. The molecule has 1 atom stereocenters. The van der Waals surface area contributed by atoms with E-state index in [9.17, 15) is 9.90 Å². The molecule has 0 bridgehead atoms. The summed E-state index contributed by atoms with van der Waals surface area (Å²) in [6.07, 6.45) is 0.448. The van der Waals surface area contributed by atoms with Crippen molar-refractivity contribution < 1.29 is 9.90 Å². The number of carbonyl (C=O) groups is 1. The van der Waals surface area contributed by atoms with Gasteiger partial charge in [0.15, 0.2) is 5.72 Å². The van der Waals surface area contributed by atoms with Crippen LogP contribution < -0.4 is 4.90 Å². The monoisotopic (exact) mass is 267 g/mol. The average Bonchev–Trinajstić information content (AvgIpc) is 2.69. The van der Waals surface area contributed by atoms with E-state index in [1.165, 1.54) is 4.90 Å². The van der Waals surface area contributed by atoms with Crippen molar-refractivity contribution >= 4 is 11.6 Å². The topological polar surface area (TPSA) is 40.5 Å². The standard InChI is InChI=1S/C17H17NO2/c1-3-17(20)15-11-12(2)9-10-14(15)16(19)18(17)13-7-5-4-6-8-13/h4-11,20H,3H2,1-2H3. The summed E-state index contributed by atoms with van der Waals surface area (Å²) in [5.41, 5.74) is 1.78. The van der Waals surface area contributed by atoms with Gasteiger partial charge in [-0.25, -0.2) is 0 Å². The quantitative estimate of drug-likeness (QED) is 0.907. The third kappa shape index (κ3) is 1.67. The Hall–Kier alpha value is -2.13. The molecule has 3 rings (SSSR count). The van der Waals surface area contributed by atoms with Crippen LogP contribution in [0.25, 0.3) is 0 Å². The average molecular weight is 267 g/mol. The molecule has 1 aliphatic rings. The summed E-state index contributed by atoms with van der Waals surface area (Å²) in [5.74, 6) is -0.143. The highest BCUT2D eigenvalue weighted by molar-refractivity contribution is 6.11. The van der Waals surface area contributed by atoms with Crippen LogP contribution in [0.15, 0.2) is 48.5 Å². The van der Waals surface area contributed by atoms with E-state index in [1.807, 2.05) is 56.3 Å². The van der Waals surface area contributed by atoms with Gasteiger partial charge in [-0.1, -0.05) is 42.8 Å². The molecule has 0 spiro atoms. The number of carbonyl (C=O) groups excluding carboxylic acids is 1. The zero-order chi connectivity index (χ0) is 14.3. The maximum atomic E-state index is 12.6. The van der Waals surface area contributed by atoms with Crippen LogP contribution in [-0.4, -0.2) is 11.0 Å². The van der Waals surface area contributed by atoms with Crippen molar-refractivity contribution in [1.29, 1.82) is 0 Å². The lowest BCUT2D eigenvalue weighted by molar-refractivity contribution is 0.0357. The largest absolute Gasteiger partial charge is 0.366 e. The Balaban J connectivity index is 2.21. The molecule has 0 aliphatic carbocycles. The summed E-state index contributed by atoms with van der Waals surface area (Å²) in [4.78, 5) is 14.1. The Kier molecular flexibility index (Phi) is 2.87. The molecule has 20 heavy (non-hydrogen) atoms. The summed E-state index contributed by atoms with van der Waals surface area (Å²) in [6.45, 7) is 3.85. The number of para-hydroxylation sites is 1. The van der Waals surface area contributed by atoms with E-state index < -0.39 is 5.72 Å². The fourth-order valence-electron chi connectivity index (χ4n) is 2.84. The number of benzene rings is 2. The van der Waals surface area contributed by atoms with Gasteiger partial charge in [0, 0.05) is 16.8 Å². The van der Waals surface area contributed by atoms with Gasteiger partial charge in [0.05, 0.1) is 0 Å². The molecule has 1 aliphatic heterocycles. The zero-order valence-electron chi connectivity index (χ0n) is 11.6. The van der Waals surface area contributed by atoms with Crippen LogP contribution in [0.2, 0.25) is 0 Å². The molecular weight excluding hydrogens is 250 g/mol. The summed E-state index contributed by atoms with van der Waals surface area (Å²) >= 11 is 0. The summed E-state index contributed by atoms with van der Waals surface area (Å²) in [5, 5.41) is 11.1. The first-order chi connectivity index (χ1) is 9.58. The normalized spacial score (nSPS) is 21.1. The molecule has 3 heteroatoms. The number of hydrogen-bond acceptors (Lipinski definition) is 2. The van der Waals surface area contributed by atoms with E-state index in [-0.39, 0.29) is 5.91 Å².